The van der Waals surface area contributed by atoms with E-state index >= 15 is 0 Å². The van der Waals surface area contributed by atoms with Crippen molar-refractivity contribution in [3.8, 4) is 16.9 Å². The number of aromatic amines is 1. The third kappa shape index (κ3) is 2.75. The summed E-state index contributed by atoms with van der Waals surface area (Å²) in [5, 5.41) is 12.4. The molecule has 0 saturated heterocycles. The number of rotatable bonds is 3. The monoisotopic (exact) mass is 335 g/mol. The minimum atomic E-state index is -0.203. The van der Waals surface area contributed by atoms with Crippen molar-refractivity contribution in [1.82, 2.24) is 9.97 Å². The van der Waals surface area contributed by atoms with Gasteiger partial charge in [-0.3, -0.25) is 4.79 Å². The summed E-state index contributed by atoms with van der Waals surface area (Å²) in [5.41, 5.74) is 5.54. The lowest BCUT2D eigenvalue weighted by atomic mass is 10.1. The van der Waals surface area contributed by atoms with Gasteiger partial charge in [0.15, 0.2) is 0 Å². The second kappa shape index (κ2) is 5.82. The maximum atomic E-state index is 12.3. The molecule has 4 aromatic rings. The molecule has 0 spiro atoms. The van der Waals surface area contributed by atoms with E-state index < -0.39 is 0 Å². The van der Waals surface area contributed by atoms with Crippen molar-refractivity contribution >= 4 is 33.3 Å². The van der Waals surface area contributed by atoms with Gasteiger partial charge in [-0.15, -0.1) is 11.3 Å². The number of amides is 1. The number of H-pyrrole nitrogens is 1. The number of carbonyl (C=O) groups excluding carboxylic acids is 1. The normalized spacial score (nSPS) is 10.8. The van der Waals surface area contributed by atoms with Crippen LogP contribution in [0.4, 0.5) is 5.69 Å². The van der Waals surface area contributed by atoms with Crippen molar-refractivity contribution in [3.63, 3.8) is 0 Å². The van der Waals surface area contributed by atoms with Gasteiger partial charge in [0.05, 0.1) is 10.2 Å². The summed E-state index contributed by atoms with van der Waals surface area (Å²) >= 11 is 1.49. The zero-order chi connectivity index (χ0) is 16.5. The van der Waals surface area contributed by atoms with E-state index in [0.29, 0.717) is 11.4 Å². The van der Waals surface area contributed by atoms with E-state index in [0.717, 1.165) is 21.5 Å². The van der Waals surface area contributed by atoms with Gasteiger partial charge in [-0.25, -0.2) is 4.98 Å². The number of aromatic nitrogens is 2. The Bertz CT molecular complexity index is 990. The third-order valence-corrected chi connectivity index (χ3v) is 4.47. The SMILES string of the molecule is O=C(Nc1ccc(-c2cccc(O)c2)cc1)c1cc2scnc2[nH]1. The molecule has 0 fully saturated rings. The molecule has 5 nitrogen and oxygen atoms in total. The van der Waals surface area contributed by atoms with E-state index in [4.69, 9.17) is 0 Å². The number of hydrogen-bond acceptors (Lipinski definition) is 4. The molecule has 0 bridgehead atoms. The molecule has 1 amide bonds. The summed E-state index contributed by atoms with van der Waals surface area (Å²) in [6.45, 7) is 0. The second-order valence-electron chi connectivity index (χ2n) is 5.33. The molecule has 2 aromatic heterocycles. The first-order chi connectivity index (χ1) is 11.7. The molecule has 0 unspecified atom stereocenters. The predicted octanol–water partition coefficient (Wildman–Crippen LogP) is 4.25. The predicted molar refractivity (Wildman–Crippen MR) is 95.5 cm³/mol. The van der Waals surface area contributed by atoms with Crippen molar-refractivity contribution in [2.75, 3.05) is 5.32 Å². The fraction of sp³-hybridized carbons (Fsp3) is 0. The highest BCUT2D eigenvalue weighted by atomic mass is 32.1. The van der Waals surface area contributed by atoms with Crippen LogP contribution in [0.2, 0.25) is 0 Å². The summed E-state index contributed by atoms with van der Waals surface area (Å²) in [4.78, 5) is 19.4. The molecule has 0 saturated carbocycles. The van der Waals surface area contributed by atoms with Crippen LogP contribution in [0.3, 0.4) is 0 Å². The number of phenolic OH excluding ortho intramolecular Hbond substituents is 1. The number of carbonyl (C=O) groups is 1. The van der Waals surface area contributed by atoms with Gasteiger partial charge in [-0.05, 0) is 41.5 Å². The Balaban J connectivity index is 1.52. The molecule has 24 heavy (non-hydrogen) atoms. The molecule has 0 aliphatic heterocycles. The first kappa shape index (κ1) is 14.5. The summed E-state index contributed by atoms with van der Waals surface area (Å²) in [7, 11) is 0. The van der Waals surface area contributed by atoms with Crippen molar-refractivity contribution < 1.29 is 9.90 Å². The topological polar surface area (TPSA) is 78.0 Å². The van der Waals surface area contributed by atoms with Crippen LogP contribution in [-0.2, 0) is 0 Å². The summed E-state index contributed by atoms with van der Waals surface area (Å²) < 4.78 is 0.958. The maximum absolute atomic E-state index is 12.3. The largest absolute Gasteiger partial charge is 0.508 e. The Kier molecular flexibility index (Phi) is 3.51. The third-order valence-electron chi connectivity index (χ3n) is 3.69. The number of aromatic hydroxyl groups is 1. The fourth-order valence-electron chi connectivity index (χ4n) is 2.50. The first-order valence-electron chi connectivity index (χ1n) is 7.32. The van der Waals surface area contributed by atoms with Gasteiger partial charge in [0.25, 0.3) is 5.91 Å². The van der Waals surface area contributed by atoms with Crippen molar-refractivity contribution in [1.29, 1.82) is 0 Å². The number of anilines is 1. The first-order valence-corrected chi connectivity index (χ1v) is 8.20. The highest BCUT2D eigenvalue weighted by molar-refractivity contribution is 7.16. The fourth-order valence-corrected chi connectivity index (χ4v) is 3.17. The molecule has 0 radical (unpaired) electrons. The number of hydrogen-bond donors (Lipinski definition) is 3. The lowest BCUT2D eigenvalue weighted by molar-refractivity contribution is 0.102. The smallest absolute Gasteiger partial charge is 0.272 e. The molecule has 0 aliphatic rings. The zero-order valence-electron chi connectivity index (χ0n) is 12.5. The molecule has 2 aromatic carbocycles. The maximum Gasteiger partial charge on any atom is 0.272 e. The molecule has 4 rings (SSSR count). The standard InChI is InChI=1S/C18H13N3O2S/c22-14-3-1-2-12(8-14)11-4-6-13(7-5-11)20-18(23)15-9-16-17(21-15)19-10-24-16/h1-10,21-22H,(H,20,23). The summed E-state index contributed by atoms with van der Waals surface area (Å²) in [5.74, 6) is 0.0236. The number of nitrogens with zero attached hydrogens (tertiary/aromatic N) is 1. The number of thiazole rings is 1. The highest BCUT2D eigenvalue weighted by Crippen LogP contribution is 2.25. The lowest BCUT2D eigenvalue weighted by Crippen LogP contribution is -2.12. The van der Waals surface area contributed by atoms with Gasteiger partial charge in [-0.1, -0.05) is 24.3 Å². The van der Waals surface area contributed by atoms with E-state index in [1.807, 2.05) is 30.3 Å². The van der Waals surface area contributed by atoms with Crippen LogP contribution in [0.1, 0.15) is 10.5 Å². The van der Waals surface area contributed by atoms with Crippen LogP contribution in [0.5, 0.6) is 5.75 Å². The molecule has 0 aliphatic carbocycles. The number of fused-ring (bicyclic) bond motifs is 1. The van der Waals surface area contributed by atoms with E-state index in [-0.39, 0.29) is 11.7 Å². The van der Waals surface area contributed by atoms with Crippen LogP contribution in [-0.4, -0.2) is 21.0 Å². The average Bonchev–Trinajstić information content (AvgIpc) is 3.17. The van der Waals surface area contributed by atoms with Gasteiger partial charge in [-0.2, -0.15) is 0 Å². The number of benzene rings is 2. The van der Waals surface area contributed by atoms with Gasteiger partial charge < -0.3 is 15.4 Å². The Hall–Kier alpha value is -3.12. The Labute approximate surface area is 141 Å². The summed E-state index contributed by atoms with van der Waals surface area (Å²) in [6.07, 6.45) is 0. The Morgan fingerprint density at radius 1 is 1.08 bits per heavy atom. The van der Waals surface area contributed by atoms with Crippen molar-refractivity contribution in [2.24, 2.45) is 0 Å². The molecule has 0 atom stereocenters. The number of phenols is 1. The van der Waals surface area contributed by atoms with E-state index in [1.165, 1.54) is 11.3 Å². The van der Waals surface area contributed by atoms with Crippen LogP contribution in [0.25, 0.3) is 21.5 Å². The van der Waals surface area contributed by atoms with Gasteiger partial charge >= 0.3 is 0 Å². The van der Waals surface area contributed by atoms with E-state index in [1.54, 1.807) is 29.8 Å². The number of nitrogens with one attached hydrogen (secondary N) is 2. The van der Waals surface area contributed by atoms with Crippen molar-refractivity contribution in [3.05, 3.63) is 65.8 Å². The average molecular weight is 335 g/mol. The second-order valence-corrected chi connectivity index (χ2v) is 6.22. The van der Waals surface area contributed by atoms with Crippen molar-refractivity contribution in [2.45, 2.75) is 0 Å². The van der Waals surface area contributed by atoms with Crippen LogP contribution in [0.15, 0.2) is 60.1 Å². The Morgan fingerprint density at radius 2 is 1.92 bits per heavy atom. The van der Waals surface area contributed by atoms with E-state index in [9.17, 15) is 9.90 Å². The molecular formula is C18H13N3O2S. The minimum Gasteiger partial charge on any atom is -0.508 e. The molecule has 6 heteroatoms. The molecule has 3 N–H and O–H groups in total. The zero-order valence-corrected chi connectivity index (χ0v) is 13.3. The van der Waals surface area contributed by atoms with E-state index in [2.05, 4.69) is 15.3 Å². The quantitative estimate of drug-likeness (QED) is 0.524. The molecular weight excluding hydrogens is 322 g/mol. The highest BCUT2D eigenvalue weighted by Gasteiger charge is 2.11. The van der Waals surface area contributed by atoms with Crippen LogP contribution >= 0.6 is 11.3 Å². The minimum absolute atomic E-state index is 0.203. The van der Waals surface area contributed by atoms with Crippen LogP contribution < -0.4 is 5.32 Å². The van der Waals surface area contributed by atoms with Gasteiger partial charge in [0.2, 0.25) is 0 Å². The van der Waals surface area contributed by atoms with Gasteiger partial charge in [0, 0.05) is 5.69 Å². The van der Waals surface area contributed by atoms with Gasteiger partial charge in [0.1, 0.15) is 17.1 Å². The molecule has 118 valence electrons. The Morgan fingerprint density at radius 3 is 2.67 bits per heavy atom. The molecule has 2 heterocycles. The summed E-state index contributed by atoms with van der Waals surface area (Å²) in [6, 6.07) is 16.3. The van der Waals surface area contributed by atoms with Crippen LogP contribution in [0, 0.1) is 0 Å². The lowest BCUT2D eigenvalue weighted by Gasteiger charge is -2.06.